The van der Waals surface area contributed by atoms with E-state index in [9.17, 15) is 0 Å². The highest BCUT2D eigenvalue weighted by Gasteiger charge is 2.03. The topological polar surface area (TPSA) is 42.4 Å². The van der Waals surface area contributed by atoms with Gasteiger partial charge in [-0.3, -0.25) is 4.98 Å². The van der Waals surface area contributed by atoms with Crippen molar-refractivity contribution in [3.63, 3.8) is 0 Å². The summed E-state index contributed by atoms with van der Waals surface area (Å²) in [5.41, 5.74) is 1.61. The lowest BCUT2D eigenvalue weighted by Crippen LogP contribution is -1.98. The van der Waals surface area contributed by atoms with Crippen LogP contribution < -0.4 is 4.74 Å². The molecule has 1 N–H and O–H groups in total. The third-order valence-electron chi connectivity index (χ3n) is 2.28. The average Bonchev–Trinajstić information content (AvgIpc) is 2.38. The molecule has 0 unspecified atom stereocenters. The van der Waals surface area contributed by atoms with Crippen molar-refractivity contribution in [1.29, 1.82) is 0 Å². The summed E-state index contributed by atoms with van der Waals surface area (Å²) in [4.78, 5) is 4.15. The molecular formula is C13H12ClNO2. The van der Waals surface area contributed by atoms with Gasteiger partial charge in [-0.2, -0.15) is 0 Å². The minimum absolute atomic E-state index is 0.0275. The van der Waals surface area contributed by atoms with Crippen molar-refractivity contribution in [2.75, 3.05) is 0 Å². The van der Waals surface area contributed by atoms with E-state index in [1.54, 1.807) is 24.4 Å². The number of rotatable bonds is 4. The quantitative estimate of drug-likeness (QED) is 0.906. The Morgan fingerprint density at radius 2 is 2.12 bits per heavy atom. The lowest BCUT2D eigenvalue weighted by atomic mass is 10.2. The van der Waals surface area contributed by atoms with E-state index in [1.807, 2.05) is 18.2 Å². The molecule has 0 fully saturated rings. The summed E-state index contributed by atoms with van der Waals surface area (Å²) in [6.07, 6.45) is 1.72. The van der Waals surface area contributed by atoms with Crippen LogP contribution in [0.3, 0.4) is 0 Å². The zero-order valence-corrected chi connectivity index (χ0v) is 9.89. The van der Waals surface area contributed by atoms with Gasteiger partial charge < -0.3 is 9.84 Å². The second-order valence-electron chi connectivity index (χ2n) is 3.53. The Morgan fingerprint density at radius 1 is 1.24 bits per heavy atom. The average molecular weight is 250 g/mol. The normalized spacial score (nSPS) is 10.2. The van der Waals surface area contributed by atoms with Gasteiger partial charge in [-0.15, -0.1) is 0 Å². The second-order valence-corrected chi connectivity index (χ2v) is 3.94. The van der Waals surface area contributed by atoms with Crippen molar-refractivity contribution in [2.45, 2.75) is 13.2 Å². The van der Waals surface area contributed by atoms with Gasteiger partial charge in [0, 0.05) is 6.20 Å². The molecule has 0 aliphatic carbocycles. The molecule has 0 amide bonds. The number of halogens is 1. The van der Waals surface area contributed by atoms with Crippen LogP contribution in [0, 0.1) is 0 Å². The number of aliphatic hydroxyl groups excluding tert-OH is 1. The number of hydrogen-bond donors (Lipinski definition) is 1. The van der Waals surface area contributed by atoms with E-state index in [0.717, 1.165) is 11.3 Å². The van der Waals surface area contributed by atoms with Crippen LogP contribution in [-0.2, 0) is 13.2 Å². The maximum absolute atomic E-state index is 8.95. The maximum Gasteiger partial charge on any atom is 0.138 e. The number of hydrogen-bond acceptors (Lipinski definition) is 3. The molecule has 0 bridgehead atoms. The van der Waals surface area contributed by atoms with Crippen molar-refractivity contribution in [3.05, 3.63) is 58.9 Å². The molecule has 2 rings (SSSR count). The molecule has 4 heteroatoms. The Kier molecular flexibility index (Phi) is 3.96. The van der Waals surface area contributed by atoms with Crippen molar-refractivity contribution in [1.82, 2.24) is 4.98 Å². The number of pyridine rings is 1. The molecule has 0 spiro atoms. The summed E-state index contributed by atoms with van der Waals surface area (Å²) in [6, 6.07) is 10.9. The van der Waals surface area contributed by atoms with Crippen molar-refractivity contribution in [2.24, 2.45) is 0 Å². The molecule has 1 aromatic carbocycles. The van der Waals surface area contributed by atoms with Gasteiger partial charge in [-0.1, -0.05) is 23.7 Å². The van der Waals surface area contributed by atoms with Gasteiger partial charge in [0.25, 0.3) is 0 Å². The Bertz CT molecular complexity index is 488. The summed E-state index contributed by atoms with van der Waals surface area (Å²) in [6.45, 7) is 0.347. The maximum atomic E-state index is 8.95. The molecule has 0 saturated heterocycles. The van der Waals surface area contributed by atoms with Crippen LogP contribution in [0.1, 0.15) is 11.3 Å². The van der Waals surface area contributed by atoms with Gasteiger partial charge in [0.05, 0.1) is 17.3 Å². The van der Waals surface area contributed by atoms with Crippen LogP contribution >= 0.6 is 11.6 Å². The summed E-state index contributed by atoms with van der Waals surface area (Å²) in [7, 11) is 0. The number of benzene rings is 1. The minimum Gasteiger partial charge on any atom is -0.486 e. The first-order chi connectivity index (χ1) is 8.29. The van der Waals surface area contributed by atoms with Gasteiger partial charge in [-0.05, 0) is 29.8 Å². The van der Waals surface area contributed by atoms with Crippen LogP contribution in [-0.4, -0.2) is 10.1 Å². The largest absolute Gasteiger partial charge is 0.486 e. The monoisotopic (exact) mass is 249 g/mol. The third kappa shape index (κ3) is 3.19. The summed E-state index contributed by atoms with van der Waals surface area (Å²) >= 11 is 6.02. The number of ether oxygens (including phenoxy) is 1. The fourth-order valence-corrected chi connectivity index (χ4v) is 1.65. The summed E-state index contributed by atoms with van der Waals surface area (Å²) in [5, 5.41) is 9.44. The molecular weight excluding hydrogens is 238 g/mol. The fraction of sp³-hybridized carbons (Fsp3) is 0.154. The zero-order chi connectivity index (χ0) is 12.1. The van der Waals surface area contributed by atoms with Gasteiger partial charge >= 0.3 is 0 Å². The first-order valence-electron chi connectivity index (χ1n) is 5.21. The van der Waals surface area contributed by atoms with Crippen LogP contribution in [0.25, 0.3) is 0 Å². The third-order valence-corrected chi connectivity index (χ3v) is 2.58. The van der Waals surface area contributed by atoms with Crippen LogP contribution in [0.5, 0.6) is 5.75 Å². The number of nitrogens with zero attached hydrogens (tertiary/aromatic N) is 1. The molecule has 88 valence electrons. The first-order valence-corrected chi connectivity index (χ1v) is 5.59. The fourth-order valence-electron chi connectivity index (χ4n) is 1.39. The van der Waals surface area contributed by atoms with Crippen LogP contribution in [0.2, 0.25) is 5.02 Å². The molecule has 1 aromatic heterocycles. The molecule has 0 atom stereocenters. The number of aliphatic hydroxyl groups is 1. The summed E-state index contributed by atoms with van der Waals surface area (Å²) in [5.74, 6) is 0.592. The van der Waals surface area contributed by atoms with E-state index in [2.05, 4.69) is 4.98 Å². The minimum atomic E-state index is -0.0275. The summed E-state index contributed by atoms with van der Waals surface area (Å²) < 4.78 is 5.55. The lowest BCUT2D eigenvalue weighted by Gasteiger charge is -2.08. The van der Waals surface area contributed by atoms with E-state index in [-0.39, 0.29) is 6.61 Å². The molecule has 0 radical (unpaired) electrons. The van der Waals surface area contributed by atoms with Crippen LogP contribution in [0.4, 0.5) is 0 Å². The Balaban J connectivity index is 2.04. The lowest BCUT2D eigenvalue weighted by molar-refractivity contribution is 0.280. The van der Waals surface area contributed by atoms with Crippen molar-refractivity contribution >= 4 is 11.6 Å². The van der Waals surface area contributed by atoms with Gasteiger partial charge in [0.2, 0.25) is 0 Å². The Hall–Kier alpha value is -1.58. The Morgan fingerprint density at radius 3 is 2.76 bits per heavy atom. The molecule has 17 heavy (non-hydrogen) atoms. The van der Waals surface area contributed by atoms with Gasteiger partial charge in [-0.25, -0.2) is 0 Å². The molecule has 1 heterocycles. The molecule has 0 saturated carbocycles. The standard InChI is InChI=1S/C13H12ClNO2/c14-12-7-10(8-16)4-5-13(12)17-9-11-3-1-2-6-15-11/h1-7,16H,8-9H2. The number of aromatic nitrogens is 1. The van der Waals surface area contributed by atoms with E-state index < -0.39 is 0 Å². The van der Waals surface area contributed by atoms with E-state index >= 15 is 0 Å². The van der Waals surface area contributed by atoms with Gasteiger partial charge in [0.15, 0.2) is 0 Å². The smallest absolute Gasteiger partial charge is 0.138 e. The molecule has 2 aromatic rings. The van der Waals surface area contributed by atoms with Crippen molar-refractivity contribution < 1.29 is 9.84 Å². The zero-order valence-electron chi connectivity index (χ0n) is 9.14. The highest BCUT2D eigenvalue weighted by atomic mass is 35.5. The second kappa shape index (κ2) is 5.66. The Labute approximate surface area is 105 Å². The predicted molar refractivity (Wildman–Crippen MR) is 65.9 cm³/mol. The highest BCUT2D eigenvalue weighted by Crippen LogP contribution is 2.26. The van der Waals surface area contributed by atoms with E-state index in [1.165, 1.54) is 0 Å². The molecule has 0 aliphatic rings. The van der Waals surface area contributed by atoms with Crippen molar-refractivity contribution in [3.8, 4) is 5.75 Å². The highest BCUT2D eigenvalue weighted by molar-refractivity contribution is 6.32. The first kappa shape index (κ1) is 11.9. The van der Waals surface area contributed by atoms with E-state index in [4.69, 9.17) is 21.4 Å². The predicted octanol–water partition coefficient (Wildman–Crippen LogP) is 2.81. The van der Waals surface area contributed by atoms with Gasteiger partial charge in [0.1, 0.15) is 12.4 Å². The molecule has 3 nitrogen and oxygen atoms in total. The SMILES string of the molecule is OCc1ccc(OCc2ccccn2)c(Cl)c1. The van der Waals surface area contributed by atoms with E-state index in [0.29, 0.717) is 17.4 Å². The molecule has 0 aliphatic heterocycles. The van der Waals surface area contributed by atoms with Crippen LogP contribution in [0.15, 0.2) is 42.6 Å².